The molecule has 0 aliphatic rings. The van der Waals surface area contributed by atoms with Gasteiger partial charge in [-0.15, -0.1) is 0 Å². The third-order valence-electron chi connectivity index (χ3n) is 1.18. The molecule has 0 fully saturated rings. The highest BCUT2D eigenvalue weighted by Gasteiger charge is 2.10. The predicted octanol–water partition coefficient (Wildman–Crippen LogP) is -0.199. The fourth-order valence-corrected chi connectivity index (χ4v) is 1.21. The number of hydrogen-bond acceptors (Lipinski definition) is 5. The summed E-state index contributed by atoms with van der Waals surface area (Å²) in [7, 11) is -2.12. The Hall–Kier alpha value is -0.870. The molecule has 6 nitrogen and oxygen atoms in total. The molecule has 0 bridgehead atoms. The maximum atomic E-state index is 10.7. The monoisotopic (exact) mass is 195 g/mol. The van der Waals surface area contributed by atoms with Gasteiger partial charge in [0.15, 0.2) is 5.71 Å². The first kappa shape index (κ1) is 11.1. The van der Waals surface area contributed by atoms with Gasteiger partial charge in [0.05, 0.1) is 6.35 Å². The van der Waals surface area contributed by atoms with Gasteiger partial charge in [-0.05, 0) is 0 Å². The van der Waals surface area contributed by atoms with Crippen molar-refractivity contribution in [2.75, 3.05) is 12.5 Å². The zero-order chi connectivity index (χ0) is 9.56. The van der Waals surface area contributed by atoms with E-state index in [1.807, 2.05) is 0 Å². The summed E-state index contributed by atoms with van der Waals surface area (Å²) in [6.45, 7) is 0. The quantitative estimate of drug-likeness (QED) is 0.244. The van der Waals surface area contributed by atoms with E-state index in [4.69, 9.17) is 15.4 Å². The summed E-state index contributed by atoms with van der Waals surface area (Å²) >= 11 is 0. The van der Waals surface area contributed by atoms with E-state index >= 15 is 0 Å². The minimum atomic E-state index is -2.12. The molecule has 0 heterocycles. The van der Waals surface area contributed by atoms with Crippen LogP contribution in [0, 0.1) is 0 Å². The second-order valence-corrected chi connectivity index (χ2v) is 3.94. The zero-order valence-electron chi connectivity index (χ0n) is 6.23. The maximum Gasteiger partial charge on any atom is 0.353 e. The minimum absolute atomic E-state index is 0.0485. The maximum absolute atomic E-state index is 10.7. The van der Waals surface area contributed by atoms with Crippen molar-refractivity contribution in [3.63, 3.8) is 0 Å². The normalized spacial score (nSPS) is 14.2. The second kappa shape index (κ2) is 5.74. The fraction of sp³-hybridized carbons (Fsp3) is 0.600. The lowest BCUT2D eigenvalue weighted by Gasteiger charge is -1.97. The fourth-order valence-electron chi connectivity index (χ4n) is 0.537. The highest BCUT2D eigenvalue weighted by atomic mass is 31.1. The average molecular weight is 195 g/mol. The van der Waals surface area contributed by atoms with Gasteiger partial charge in [-0.2, -0.15) is 0 Å². The van der Waals surface area contributed by atoms with Crippen LogP contribution in [0.2, 0.25) is 0 Å². The van der Waals surface area contributed by atoms with Crippen LogP contribution in [0.15, 0.2) is 5.16 Å². The molecule has 0 aromatic carbocycles. The van der Waals surface area contributed by atoms with Crippen molar-refractivity contribution >= 4 is 19.5 Å². The Morgan fingerprint density at radius 2 is 2.08 bits per heavy atom. The largest absolute Gasteiger partial charge is 0.477 e. The van der Waals surface area contributed by atoms with E-state index in [9.17, 15) is 9.36 Å². The van der Waals surface area contributed by atoms with E-state index < -0.39 is 25.8 Å². The number of aliphatic carboxylic acids is 1. The van der Waals surface area contributed by atoms with Crippen molar-refractivity contribution in [2.24, 2.45) is 5.16 Å². The molecule has 1 unspecified atom stereocenters. The molecule has 0 spiro atoms. The van der Waals surface area contributed by atoms with Crippen LogP contribution in [0.5, 0.6) is 0 Å². The standard InChI is InChI=1S/C5H10NO5P/c7-3-12(11)2-1-4(6-10)5(8)9/h7,10,12H,1-3H2,(H,8,9). The molecule has 0 aliphatic heterocycles. The summed E-state index contributed by atoms with van der Waals surface area (Å²) in [5.41, 5.74) is -0.443. The molecular weight excluding hydrogens is 185 g/mol. The van der Waals surface area contributed by atoms with Crippen LogP contribution in [0.4, 0.5) is 0 Å². The Kier molecular flexibility index (Phi) is 5.32. The Morgan fingerprint density at radius 1 is 1.50 bits per heavy atom. The lowest BCUT2D eigenvalue weighted by molar-refractivity contribution is -0.129. The molecule has 0 amide bonds. The van der Waals surface area contributed by atoms with E-state index in [2.05, 4.69) is 5.16 Å². The number of carboxylic acids is 1. The molecule has 0 aromatic heterocycles. The van der Waals surface area contributed by atoms with Crippen molar-refractivity contribution in [2.45, 2.75) is 6.42 Å². The Balaban J connectivity index is 3.91. The third kappa shape index (κ3) is 4.10. The highest BCUT2D eigenvalue weighted by Crippen LogP contribution is 2.18. The summed E-state index contributed by atoms with van der Waals surface area (Å²) in [6.07, 6.45) is -0.486. The third-order valence-corrected chi connectivity index (χ3v) is 2.34. The van der Waals surface area contributed by atoms with Gasteiger partial charge < -0.3 is 20.0 Å². The van der Waals surface area contributed by atoms with Crippen molar-refractivity contribution in [1.82, 2.24) is 0 Å². The lowest BCUT2D eigenvalue weighted by Crippen LogP contribution is -2.13. The van der Waals surface area contributed by atoms with Crippen LogP contribution in [0.3, 0.4) is 0 Å². The topological polar surface area (TPSA) is 107 Å². The van der Waals surface area contributed by atoms with Crippen LogP contribution in [-0.2, 0) is 9.36 Å². The Labute approximate surface area is 69.3 Å². The molecule has 0 aromatic rings. The summed E-state index contributed by atoms with van der Waals surface area (Å²) < 4.78 is 10.7. The van der Waals surface area contributed by atoms with Gasteiger partial charge >= 0.3 is 5.97 Å². The lowest BCUT2D eigenvalue weighted by atomic mass is 10.3. The number of nitrogens with zero attached hydrogens (tertiary/aromatic N) is 1. The molecule has 0 radical (unpaired) electrons. The number of carbonyl (C=O) groups is 1. The predicted molar refractivity (Wildman–Crippen MR) is 42.4 cm³/mol. The van der Waals surface area contributed by atoms with Crippen LogP contribution in [0.1, 0.15) is 6.42 Å². The first-order valence-electron chi connectivity index (χ1n) is 3.18. The van der Waals surface area contributed by atoms with E-state index in [0.29, 0.717) is 0 Å². The minimum Gasteiger partial charge on any atom is -0.477 e. The highest BCUT2D eigenvalue weighted by molar-refractivity contribution is 7.44. The van der Waals surface area contributed by atoms with Gasteiger partial charge in [-0.1, -0.05) is 5.16 Å². The summed E-state index contributed by atoms with van der Waals surface area (Å²) in [4.78, 5) is 10.2. The summed E-state index contributed by atoms with van der Waals surface area (Å²) in [6, 6.07) is 0. The molecule has 1 atom stereocenters. The SMILES string of the molecule is O=C(O)C(CC[PH](=O)CO)=NO. The Bertz CT molecular complexity index is 214. The van der Waals surface area contributed by atoms with Gasteiger partial charge in [0.1, 0.15) is 7.80 Å². The van der Waals surface area contributed by atoms with Crippen LogP contribution in [-0.4, -0.2) is 39.6 Å². The number of hydrogen-bond donors (Lipinski definition) is 3. The number of rotatable bonds is 5. The van der Waals surface area contributed by atoms with Gasteiger partial charge in [-0.3, -0.25) is 0 Å². The van der Waals surface area contributed by atoms with Crippen LogP contribution >= 0.6 is 7.80 Å². The van der Waals surface area contributed by atoms with E-state index in [1.165, 1.54) is 0 Å². The zero-order valence-corrected chi connectivity index (χ0v) is 7.23. The summed E-state index contributed by atoms with van der Waals surface area (Å²) in [5, 5.41) is 27.3. The molecule has 0 saturated heterocycles. The van der Waals surface area contributed by atoms with Crippen molar-refractivity contribution in [1.29, 1.82) is 0 Å². The molecule has 0 rings (SSSR count). The van der Waals surface area contributed by atoms with Crippen LogP contribution in [0.25, 0.3) is 0 Å². The first-order valence-corrected chi connectivity index (χ1v) is 5.00. The Morgan fingerprint density at radius 3 is 2.42 bits per heavy atom. The first-order chi connectivity index (χ1) is 5.61. The molecule has 3 N–H and O–H groups in total. The average Bonchev–Trinajstić information content (AvgIpc) is 2.04. The molecule has 7 heteroatoms. The van der Waals surface area contributed by atoms with E-state index in [0.717, 1.165) is 0 Å². The molecule has 0 aliphatic carbocycles. The molecule has 0 saturated carbocycles. The molecule has 12 heavy (non-hydrogen) atoms. The van der Waals surface area contributed by atoms with Crippen molar-refractivity contribution < 1.29 is 24.8 Å². The summed E-state index contributed by atoms with van der Waals surface area (Å²) in [5.74, 6) is -1.34. The van der Waals surface area contributed by atoms with E-state index in [-0.39, 0.29) is 12.6 Å². The van der Waals surface area contributed by atoms with Gasteiger partial charge in [-0.25, -0.2) is 4.79 Å². The number of aliphatic hydroxyl groups is 1. The van der Waals surface area contributed by atoms with Crippen molar-refractivity contribution in [3.05, 3.63) is 0 Å². The second-order valence-electron chi connectivity index (χ2n) is 2.05. The molecule has 70 valence electrons. The van der Waals surface area contributed by atoms with Crippen molar-refractivity contribution in [3.8, 4) is 0 Å². The van der Waals surface area contributed by atoms with Gasteiger partial charge in [0.25, 0.3) is 0 Å². The molecular formula is C5H10NO5P. The van der Waals surface area contributed by atoms with Gasteiger partial charge in [0, 0.05) is 12.6 Å². The number of oxime groups is 1. The van der Waals surface area contributed by atoms with Crippen LogP contribution < -0.4 is 0 Å². The number of carboxylic acid groups (broad SMARTS) is 1. The smallest absolute Gasteiger partial charge is 0.353 e. The van der Waals surface area contributed by atoms with Gasteiger partial charge in [0.2, 0.25) is 0 Å². The van der Waals surface area contributed by atoms with E-state index in [1.54, 1.807) is 0 Å². The number of aliphatic hydroxyl groups excluding tert-OH is 1.